The van der Waals surface area contributed by atoms with Gasteiger partial charge in [0.2, 0.25) is 0 Å². The highest BCUT2D eigenvalue weighted by Crippen LogP contribution is 2.21. The van der Waals surface area contributed by atoms with Crippen molar-refractivity contribution in [2.75, 3.05) is 13.2 Å². The third-order valence-corrected chi connectivity index (χ3v) is 5.04. The second-order valence-corrected chi connectivity index (χ2v) is 7.78. The summed E-state index contributed by atoms with van der Waals surface area (Å²) in [4.78, 5) is 36.7. The van der Waals surface area contributed by atoms with Crippen molar-refractivity contribution in [3.05, 3.63) is 76.2 Å². The summed E-state index contributed by atoms with van der Waals surface area (Å²) >= 11 is 0. The number of nitrogens with one attached hydrogen (secondary N) is 1. The van der Waals surface area contributed by atoms with Crippen LogP contribution < -0.4 is 20.4 Å². The molecule has 0 bridgehead atoms. The molecule has 1 N–H and O–H groups in total. The molecule has 2 aromatic carbocycles. The molecular formula is C27H29NO6. The molecule has 7 heteroatoms. The van der Waals surface area contributed by atoms with Crippen LogP contribution in [0.3, 0.4) is 0 Å². The van der Waals surface area contributed by atoms with E-state index >= 15 is 0 Å². The number of fused-ring (bicyclic) bond motifs is 1. The van der Waals surface area contributed by atoms with Crippen LogP contribution in [0.15, 0.2) is 63.8 Å². The summed E-state index contributed by atoms with van der Waals surface area (Å²) in [5, 5.41) is 3.25. The van der Waals surface area contributed by atoms with E-state index in [1.165, 1.54) is 18.2 Å². The number of rotatable bonds is 11. The highest BCUT2D eigenvalue weighted by molar-refractivity contribution is 5.97. The van der Waals surface area contributed by atoms with Gasteiger partial charge in [0.15, 0.2) is 0 Å². The van der Waals surface area contributed by atoms with E-state index in [2.05, 4.69) is 12.2 Å². The lowest BCUT2D eigenvalue weighted by Crippen LogP contribution is -2.28. The zero-order chi connectivity index (χ0) is 24.3. The number of benzene rings is 2. The predicted octanol–water partition coefficient (Wildman–Crippen LogP) is 5.12. The van der Waals surface area contributed by atoms with Crippen LogP contribution in [0.1, 0.15) is 55.5 Å². The van der Waals surface area contributed by atoms with E-state index in [1.807, 2.05) is 31.2 Å². The van der Waals surface area contributed by atoms with Crippen molar-refractivity contribution in [1.82, 2.24) is 5.32 Å². The maximum absolute atomic E-state index is 12.2. The first-order chi connectivity index (χ1) is 16.5. The van der Waals surface area contributed by atoms with Gasteiger partial charge in [0, 0.05) is 24.1 Å². The molecule has 0 spiro atoms. The highest BCUT2D eigenvalue weighted by Gasteiger charge is 2.14. The molecule has 0 aliphatic rings. The molecule has 0 fully saturated rings. The number of unbranched alkanes of at least 4 members (excludes halogenated alkanes) is 2. The fraction of sp³-hybridized carbons (Fsp3) is 0.296. The number of carbonyl (C=O) groups excluding carboxylic acids is 2. The third kappa shape index (κ3) is 7.07. The molecular weight excluding hydrogens is 434 g/mol. The lowest BCUT2D eigenvalue weighted by molar-refractivity contribution is -0.128. The van der Waals surface area contributed by atoms with Crippen LogP contribution in [0.2, 0.25) is 0 Å². The molecule has 0 atom stereocenters. The Morgan fingerprint density at radius 3 is 2.44 bits per heavy atom. The van der Waals surface area contributed by atoms with Crippen LogP contribution in [0.4, 0.5) is 0 Å². The lowest BCUT2D eigenvalue weighted by atomic mass is 10.1. The van der Waals surface area contributed by atoms with Crippen molar-refractivity contribution in [2.24, 2.45) is 0 Å². The van der Waals surface area contributed by atoms with Gasteiger partial charge in [-0.25, -0.2) is 9.59 Å². The van der Waals surface area contributed by atoms with E-state index < -0.39 is 17.5 Å². The molecule has 1 amide bonds. The quantitative estimate of drug-likeness (QED) is 0.139. The Labute approximate surface area is 198 Å². The second kappa shape index (κ2) is 12.4. The van der Waals surface area contributed by atoms with Gasteiger partial charge in [-0.15, -0.1) is 0 Å². The number of hydrogen-bond acceptors (Lipinski definition) is 6. The first-order valence-electron chi connectivity index (χ1n) is 11.5. The van der Waals surface area contributed by atoms with Gasteiger partial charge in [-0.3, -0.25) is 4.79 Å². The first kappa shape index (κ1) is 24.8. The van der Waals surface area contributed by atoms with Crippen LogP contribution in [-0.4, -0.2) is 25.0 Å². The van der Waals surface area contributed by atoms with Gasteiger partial charge in [0.05, 0.1) is 6.61 Å². The van der Waals surface area contributed by atoms with Gasteiger partial charge in [0.1, 0.15) is 22.6 Å². The summed E-state index contributed by atoms with van der Waals surface area (Å²) in [5.41, 5.74) is 0.252. The molecule has 0 radical (unpaired) electrons. The first-order valence-corrected chi connectivity index (χ1v) is 11.5. The zero-order valence-electron chi connectivity index (χ0n) is 19.5. The molecule has 0 aliphatic heterocycles. The average molecular weight is 464 g/mol. The minimum absolute atomic E-state index is 0.0573. The minimum atomic E-state index is -0.744. The molecule has 7 nitrogen and oxygen atoms in total. The van der Waals surface area contributed by atoms with E-state index in [9.17, 15) is 14.4 Å². The molecule has 1 aromatic heterocycles. The minimum Gasteiger partial charge on any atom is -0.494 e. The number of carbonyl (C=O) groups is 2. The Bertz CT molecular complexity index is 1210. The summed E-state index contributed by atoms with van der Waals surface area (Å²) in [6.45, 7) is 5.29. The van der Waals surface area contributed by atoms with Crippen LogP contribution >= 0.6 is 0 Å². The molecule has 3 rings (SSSR count). The number of hydrogen-bond donors (Lipinski definition) is 1. The molecule has 0 saturated carbocycles. The normalized spacial score (nSPS) is 11.0. The van der Waals surface area contributed by atoms with E-state index in [0.717, 1.165) is 37.0 Å². The Kier molecular flexibility index (Phi) is 9.03. The van der Waals surface area contributed by atoms with Crippen molar-refractivity contribution in [3.8, 4) is 11.5 Å². The Hall–Kier alpha value is -3.87. The van der Waals surface area contributed by atoms with Gasteiger partial charge in [0.25, 0.3) is 5.91 Å². The Balaban J connectivity index is 1.63. The zero-order valence-corrected chi connectivity index (χ0v) is 19.5. The smallest absolute Gasteiger partial charge is 0.349 e. The molecule has 0 saturated heterocycles. The summed E-state index contributed by atoms with van der Waals surface area (Å²) in [5.74, 6) is -0.0280. The summed E-state index contributed by atoms with van der Waals surface area (Å²) < 4.78 is 16.2. The van der Waals surface area contributed by atoms with Crippen LogP contribution in [0.25, 0.3) is 17.0 Å². The summed E-state index contributed by atoms with van der Waals surface area (Å²) in [6, 6.07) is 13.5. The fourth-order valence-electron chi connectivity index (χ4n) is 3.11. The van der Waals surface area contributed by atoms with Crippen LogP contribution in [0, 0.1) is 0 Å². The van der Waals surface area contributed by atoms with Crippen LogP contribution in [-0.2, 0) is 4.79 Å². The third-order valence-electron chi connectivity index (χ3n) is 5.04. The Morgan fingerprint density at radius 1 is 0.971 bits per heavy atom. The molecule has 1 heterocycles. The Morgan fingerprint density at radius 2 is 1.71 bits per heavy atom. The van der Waals surface area contributed by atoms with Gasteiger partial charge >= 0.3 is 11.6 Å². The van der Waals surface area contributed by atoms with Crippen molar-refractivity contribution in [1.29, 1.82) is 0 Å². The maximum atomic E-state index is 12.2. The molecule has 178 valence electrons. The number of ether oxygens (including phenoxy) is 2. The van der Waals surface area contributed by atoms with Crippen molar-refractivity contribution in [3.63, 3.8) is 0 Å². The largest absolute Gasteiger partial charge is 0.494 e. The van der Waals surface area contributed by atoms with Crippen molar-refractivity contribution >= 4 is 28.9 Å². The lowest BCUT2D eigenvalue weighted by Gasteiger charge is -2.06. The van der Waals surface area contributed by atoms with Gasteiger partial charge < -0.3 is 19.2 Å². The highest BCUT2D eigenvalue weighted by atomic mass is 16.5. The van der Waals surface area contributed by atoms with E-state index in [0.29, 0.717) is 18.5 Å². The van der Waals surface area contributed by atoms with E-state index in [1.54, 1.807) is 18.2 Å². The molecule has 0 unspecified atom stereocenters. The topological polar surface area (TPSA) is 94.8 Å². The molecule has 0 aliphatic carbocycles. The van der Waals surface area contributed by atoms with Gasteiger partial charge in [-0.2, -0.15) is 0 Å². The predicted molar refractivity (Wildman–Crippen MR) is 131 cm³/mol. The van der Waals surface area contributed by atoms with Crippen molar-refractivity contribution < 1.29 is 23.5 Å². The van der Waals surface area contributed by atoms with Crippen LogP contribution in [0.5, 0.6) is 11.5 Å². The number of esters is 1. The van der Waals surface area contributed by atoms with Crippen molar-refractivity contribution in [2.45, 2.75) is 39.5 Å². The maximum Gasteiger partial charge on any atom is 0.349 e. The van der Waals surface area contributed by atoms with Gasteiger partial charge in [-0.05, 0) is 54.8 Å². The average Bonchev–Trinajstić information content (AvgIpc) is 2.83. The SMILES string of the molecule is CCCCNC(=O)c1cc2ccc(OC(=O)/C=C/c3ccc(OCCCC)cc3)cc2oc1=O. The van der Waals surface area contributed by atoms with E-state index in [4.69, 9.17) is 13.9 Å². The standard InChI is InChI=1S/C27H29NO6/c1-3-5-15-28-26(30)23-17-20-10-13-22(18-24(20)34-27(23)31)33-25(29)14-9-19-7-11-21(12-8-19)32-16-6-4-2/h7-14,17-18H,3-6,15-16H2,1-2H3,(H,28,30)/b14-9+. The molecule has 3 aromatic rings. The summed E-state index contributed by atoms with van der Waals surface area (Å²) in [7, 11) is 0. The number of amides is 1. The van der Waals surface area contributed by atoms with Gasteiger partial charge in [-0.1, -0.05) is 38.8 Å². The fourth-order valence-corrected chi connectivity index (χ4v) is 3.11. The monoisotopic (exact) mass is 463 g/mol. The molecule has 34 heavy (non-hydrogen) atoms. The second-order valence-electron chi connectivity index (χ2n) is 7.78. The summed E-state index contributed by atoms with van der Waals surface area (Å²) in [6.07, 6.45) is 6.79. The van der Waals surface area contributed by atoms with E-state index in [-0.39, 0.29) is 16.9 Å².